The second-order valence-electron chi connectivity index (χ2n) is 3.67. The predicted molar refractivity (Wildman–Crippen MR) is 60.3 cm³/mol. The number of nitrogens with one attached hydrogen (secondary N) is 1. The van der Waals surface area contributed by atoms with Crippen molar-refractivity contribution in [2.45, 2.75) is 19.6 Å². The molecule has 0 aliphatic carbocycles. The highest BCUT2D eigenvalue weighted by molar-refractivity contribution is 9.10. The molecule has 1 aromatic carbocycles. The first-order valence-corrected chi connectivity index (χ1v) is 5.62. The largest absolute Gasteiger partial charge is 0.371 e. The molecule has 0 saturated carbocycles. The van der Waals surface area contributed by atoms with Crippen molar-refractivity contribution in [1.82, 2.24) is 5.32 Å². The molecule has 0 amide bonds. The molecule has 2 rings (SSSR count). The van der Waals surface area contributed by atoms with Gasteiger partial charge in [0, 0.05) is 17.6 Å². The van der Waals surface area contributed by atoms with E-state index < -0.39 is 0 Å². The molecular formula is C11H14BrNO. The van der Waals surface area contributed by atoms with Crippen LogP contribution in [0.1, 0.15) is 11.1 Å². The van der Waals surface area contributed by atoms with Gasteiger partial charge in [-0.2, -0.15) is 0 Å². The summed E-state index contributed by atoms with van der Waals surface area (Å²) in [5.41, 5.74) is 2.49. The molecule has 1 heterocycles. The topological polar surface area (TPSA) is 21.3 Å². The summed E-state index contributed by atoms with van der Waals surface area (Å²) < 4.78 is 6.83. The van der Waals surface area contributed by atoms with Crippen molar-refractivity contribution in [1.29, 1.82) is 0 Å². The molecule has 2 nitrogen and oxygen atoms in total. The van der Waals surface area contributed by atoms with Crippen LogP contribution in [0.3, 0.4) is 0 Å². The second-order valence-corrected chi connectivity index (χ2v) is 4.53. The third kappa shape index (κ3) is 2.35. The maximum atomic E-state index is 5.68. The molecule has 0 radical (unpaired) electrons. The maximum absolute atomic E-state index is 5.68. The van der Waals surface area contributed by atoms with E-state index in [-0.39, 0.29) is 0 Å². The normalized spacial score (nSPS) is 16.7. The van der Waals surface area contributed by atoms with Gasteiger partial charge in [-0.3, -0.25) is 0 Å². The van der Waals surface area contributed by atoms with E-state index in [4.69, 9.17) is 4.74 Å². The van der Waals surface area contributed by atoms with Gasteiger partial charge in [-0.1, -0.05) is 28.1 Å². The van der Waals surface area contributed by atoms with E-state index in [9.17, 15) is 0 Å². The number of halogens is 1. The number of hydrogen-bond donors (Lipinski definition) is 1. The van der Waals surface area contributed by atoms with Crippen molar-refractivity contribution in [3.05, 3.63) is 33.8 Å². The van der Waals surface area contributed by atoms with E-state index >= 15 is 0 Å². The quantitative estimate of drug-likeness (QED) is 0.895. The molecule has 1 aromatic rings. The maximum Gasteiger partial charge on any atom is 0.0828 e. The van der Waals surface area contributed by atoms with Crippen LogP contribution in [-0.2, 0) is 11.3 Å². The minimum Gasteiger partial charge on any atom is -0.371 e. The lowest BCUT2D eigenvalue weighted by Crippen LogP contribution is -2.48. The van der Waals surface area contributed by atoms with Gasteiger partial charge < -0.3 is 10.1 Å². The van der Waals surface area contributed by atoms with Crippen LogP contribution >= 0.6 is 15.9 Å². The highest BCUT2D eigenvalue weighted by Gasteiger charge is 2.16. The Kier molecular flexibility index (Phi) is 3.21. The van der Waals surface area contributed by atoms with Gasteiger partial charge in [0.2, 0.25) is 0 Å². The lowest BCUT2D eigenvalue weighted by atomic mass is 10.1. The van der Waals surface area contributed by atoms with E-state index in [0.717, 1.165) is 17.6 Å². The number of hydrogen-bond acceptors (Lipinski definition) is 2. The average Bonchev–Trinajstić information content (AvgIpc) is 2.08. The number of aryl methyl sites for hydroxylation is 1. The molecule has 0 unspecified atom stereocenters. The number of rotatable bonds is 3. The minimum absolute atomic E-state index is 0.412. The van der Waals surface area contributed by atoms with Crippen LogP contribution in [0.4, 0.5) is 0 Å². The predicted octanol–water partition coefficient (Wildman–Crippen LogP) is 2.25. The Hall–Kier alpha value is -0.380. The highest BCUT2D eigenvalue weighted by Crippen LogP contribution is 2.18. The Morgan fingerprint density at radius 1 is 1.50 bits per heavy atom. The lowest BCUT2D eigenvalue weighted by Gasteiger charge is -2.27. The molecule has 1 fully saturated rings. The summed E-state index contributed by atoms with van der Waals surface area (Å²) in [4.78, 5) is 0. The summed E-state index contributed by atoms with van der Waals surface area (Å²) in [6.45, 7) is 4.79. The van der Waals surface area contributed by atoms with Gasteiger partial charge in [0.25, 0.3) is 0 Å². The molecule has 14 heavy (non-hydrogen) atoms. The fourth-order valence-corrected chi connectivity index (χ4v) is 1.75. The van der Waals surface area contributed by atoms with Gasteiger partial charge in [-0.05, 0) is 24.1 Å². The zero-order valence-corrected chi connectivity index (χ0v) is 9.80. The highest BCUT2D eigenvalue weighted by atomic mass is 79.9. The minimum atomic E-state index is 0.412. The fourth-order valence-electron chi connectivity index (χ4n) is 1.32. The first-order valence-electron chi connectivity index (χ1n) is 4.83. The molecule has 0 aromatic heterocycles. The Morgan fingerprint density at radius 3 is 2.86 bits per heavy atom. The molecule has 3 heteroatoms. The molecule has 1 aliphatic heterocycles. The summed E-state index contributed by atoms with van der Waals surface area (Å²) in [6, 6.07) is 6.36. The van der Waals surface area contributed by atoms with Crippen molar-refractivity contribution >= 4 is 15.9 Å². The van der Waals surface area contributed by atoms with E-state index in [1.54, 1.807) is 0 Å². The third-order valence-corrected chi connectivity index (χ3v) is 3.32. The molecule has 0 spiro atoms. The number of benzene rings is 1. The van der Waals surface area contributed by atoms with Gasteiger partial charge in [0.15, 0.2) is 0 Å². The van der Waals surface area contributed by atoms with Gasteiger partial charge in [-0.25, -0.2) is 0 Å². The average molecular weight is 256 g/mol. The van der Waals surface area contributed by atoms with Gasteiger partial charge >= 0.3 is 0 Å². The summed E-state index contributed by atoms with van der Waals surface area (Å²) in [5.74, 6) is 0. The van der Waals surface area contributed by atoms with E-state index in [2.05, 4.69) is 46.4 Å². The number of ether oxygens (including phenoxy) is 1. The second kappa shape index (κ2) is 4.43. The van der Waals surface area contributed by atoms with Crippen LogP contribution in [0.15, 0.2) is 22.7 Å². The van der Waals surface area contributed by atoms with Crippen LogP contribution in [0.25, 0.3) is 0 Å². The van der Waals surface area contributed by atoms with E-state index in [1.165, 1.54) is 11.1 Å². The van der Waals surface area contributed by atoms with Crippen molar-refractivity contribution in [3.63, 3.8) is 0 Å². The molecule has 76 valence electrons. The van der Waals surface area contributed by atoms with Gasteiger partial charge in [0.1, 0.15) is 0 Å². The first-order chi connectivity index (χ1) is 6.75. The molecule has 0 bridgehead atoms. The van der Waals surface area contributed by atoms with E-state index in [1.807, 2.05) is 0 Å². The zero-order chi connectivity index (χ0) is 9.97. The summed E-state index contributed by atoms with van der Waals surface area (Å²) in [5, 5.41) is 3.18. The van der Waals surface area contributed by atoms with Gasteiger partial charge in [-0.15, -0.1) is 0 Å². The van der Waals surface area contributed by atoms with Crippen LogP contribution < -0.4 is 5.32 Å². The van der Waals surface area contributed by atoms with E-state index in [0.29, 0.717) is 12.7 Å². The fraction of sp³-hybridized carbons (Fsp3) is 0.455. The molecule has 1 N–H and O–H groups in total. The van der Waals surface area contributed by atoms with Crippen molar-refractivity contribution < 1.29 is 4.74 Å². The zero-order valence-electron chi connectivity index (χ0n) is 8.22. The first kappa shape index (κ1) is 10.1. The molecular weight excluding hydrogens is 242 g/mol. The Morgan fingerprint density at radius 2 is 2.29 bits per heavy atom. The molecule has 1 aliphatic rings. The van der Waals surface area contributed by atoms with Crippen LogP contribution in [0, 0.1) is 6.92 Å². The summed E-state index contributed by atoms with van der Waals surface area (Å²) >= 11 is 3.52. The molecule has 1 saturated heterocycles. The smallest absolute Gasteiger partial charge is 0.0828 e. The van der Waals surface area contributed by atoms with Crippen LogP contribution in [-0.4, -0.2) is 19.2 Å². The summed E-state index contributed by atoms with van der Waals surface area (Å²) in [7, 11) is 0. The summed E-state index contributed by atoms with van der Waals surface area (Å²) in [6.07, 6.45) is 0.412. The van der Waals surface area contributed by atoms with Crippen molar-refractivity contribution in [2.24, 2.45) is 0 Å². The van der Waals surface area contributed by atoms with Crippen molar-refractivity contribution in [2.75, 3.05) is 13.1 Å². The Labute approximate surface area is 92.8 Å². The SMILES string of the molecule is Cc1ccc(COC2CNC2)cc1Br. The van der Waals surface area contributed by atoms with Crippen molar-refractivity contribution in [3.8, 4) is 0 Å². The monoisotopic (exact) mass is 255 g/mol. The lowest BCUT2D eigenvalue weighted by molar-refractivity contribution is 0.00756. The Bertz CT molecular complexity index is 323. The van der Waals surface area contributed by atoms with Gasteiger partial charge in [0.05, 0.1) is 12.7 Å². The standard InChI is InChI=1S/C11H14BrNO/c1-8-2-3-9(4-11(8)12)7-14-10-5-13-6-10/h2-4,10,13H,5-7H2,1H3. The molecule has 0 atom stereocenters. The van der Waals surface area contributed by atoms with Crippen LogP contribution in [0.2, 0.25) is 0 Å². The Balaban J connectivity index is 1.91. The van der Waals surface area contributed by atoms with Crippen LogP contribution in [0.5, 0.6) is 0 Å². The third-order valence-electron chi connectivity index (χ3n) is 2.47.